The minimum atomic E-state index is -4.62. The van der Waals surface area contributed by atoms with Gasteiger partial charge in [-0.2, -0.15) is 23.4 Å². The van der Waals surface area contributed by atoms with E-state index in [1.807, 2.05) is 0 Å². The first-order valence-corrected chi connectivity index (χ1v) is 7.93. The molecule has 3 heterocycles. The van der Waals surface area contributed by atoms with Crippen LogP contribution in [0.25, 0.3) is 0 Å². The molecular weight excluding hydrogens is 371 g/mol. The molecule has 8 nitrogen and oxygen atoms in total. The standard InChI is InChI=1S/C16H16F3N3O5/c17-16(18,19)12-2-1-3-13(22-12)27-11-8-26-10(14(23)15(11)24)7-25-9-4-5-20-21-6-9/h1-6,10-11,14-15,23-24H,7-8H2/t10-,11+,14+,15-/m1/s1. The number of alkyl halides is 3. The van der Waals surface area contributed by atoms with Gasteiger partial charge in [0, 0.05) is 12.1 Å². The fraction of sp³-hybridized carbons (Fsp3) is 0.438. The minimum absolute atomic E-state index is 0.0710. The summed E-state index contributed by atoms with van der Waals surface area (Å²) in [5.41, 5.74) is -1.12. The van der Waals surface area contributed by atoms with Crippen molar-refractivity contribution in [3.8, 4) is 11.6 Å². The first-order valence-electron chi connectivity index (χ1n) is 7.93. The van der Waals surface area contributed by atoms with Crippen LogP contribution in [0.2, 0.25) is 0 Å². The molecule has 1 aliphatic rings. The van der Waals surface area contributed by atoms with Gasteiger partial charge in [-0.1, -0.05) is 6.07 Å². The number of halogens is 3. The number of aliphatic hydroxyl groups is 2. The fourth-order valence-electron chi connectivity index (χ4n) is 2.44. The van der Waals surface area contributed by atoms with Crippen molar-refractivity contribution in [2.24, 2.45) is 0 Å². The van der Waals surface area contributed by atoms with Gasteiger partial charge in [-0.3, -0.25) is 0 Å². The Balaban J connectivity index is 1.59. The van der Waals surface area contributed by atoms with Crippen LogP contribution in [0.3, 0.4) is 0 Å². The molecule has 1 aliphatic heterocycles. The van der Waals surface area contributed by atoms with Crippen LogP contribution >= 0.6 is 0 Å². The topological polar surface area (TPSA) is 107 Å². The second-order valence-electron chi connectivity index (χ2n) is 5.76. The summed E-state index contributed by atoms with van der Waals surface area (Å²) in [7, 11) is 0. The third-order valence-electron chi connectivity index (χ3n) is 3.84. The lowest BCUT2D eigenvalue weighted by molar-refractivity contribution is -0.187. The largest absolute Gasteiger partial charge is 0.489 e. The van der Waals surface area contributed by atoms with Gasteiger partial charge in [0.15, 0.2) is 6.10 Å². The molecule has 3 rings (SSSR count). The lowest BCUT2D eigenvalue weighted by Crippen LogP contribution is -2.56. The summed E-state index contributed by atoms with van der Waals surface area (Å²) in [6.45, 7) is -0.239. The van der Waals surface area contributed by atoms with Crippen LogP contribution in [-0.4, -0.2) is 63.0 Å². The zero-order valence-electron chi connectivity index (χ0n) is 13.8. The van der Waals surface area contributed by atoms with E-state index in [4.69, 9.17) is 14.2 Å². The average Bonchev–Trinajstić information content (AvgIpc) is 2.65. The van der Waals surface area contributed by atoms with Crippen molar-refractivity contribution in [3.63, 3.8) is 0 Å². The van der Waals surface area contributed by atoms with Gasteiger partial charge in [-0.05, 0) is 6.07 Å². The van der Waals surface area contributed by atoms with Crippen molar-refractivity contribution in [2.75, 3.05) is 13.2 Å². The zero-order valence-corrected chi connectivity index (χ0v) is 13.8. The summed E-state index contributed by atoms with van der Waals surface area (Å²) in [6.07, 6.45) is -6.54. The highest BCUT2D eigenvalue weighted by Crippen LogP contribution is 2.29. The second kappa shape index (κ2) is 8.03. The molecule has 0 radical (unpaired) electrons. The van der Waals surface area contributed by atoms with Crippen LogP contribution in [0, 0.1) is 0 Å². The third-order valence-corrected chi connectivity index (χ3v) is 3.84. The molecule has 0 aromatic carbocycles. The van der Waals surface area contributed by atoms with Crippen molar-refractivity contribution in [1.29, 1.82) is 0 Å². The number of ether oxygens (including phenoxy) is 3. The minimum Gasteiger partial charge on any atom is -0.489 e. The Morgan fingerprint density at radius 3 is 2.67 bits per heavy atom. The molecule has 0 amide bonds. The van der Waals surface area contributed by atoms with Crippen LogP contribution in [-0.2, 0) is 10.9 Å². The molecule has 146 valence electrons. The highest BCUT2D eigenvalue weighted by atomic mass is 19.4. The molecular formula is C16H16F3N3O5. The fourth-order valence-corrected chi connectivity index (χ4v) is 2.44. The molecule has 0 bridgehead atoms. The molecule has 4 atom stereocenters. The van der Waals surface area contributed by atoms with Gasteiger partial charge in [0.1, 0.15) is 36.4 Å². The quantitative estimate of drug-likeness (QED) is 0.777. The molecule has 0 unspecified atom stereocenters. The molecule has 27 heavy (non-hydrogen) atoms. The highest BCUT2D eigenvalue weighted by molar-refractivity contribution is 5.18. The van der Waals surface area contributed by atoms with E-state index in [-0.39, 0.29) is 19.1 Å². The van der Waals surface area contributed by atoms with Gasteiger partial charge in [0.25, 0.3) is 0 Å². The van der Waals surface area contributed by atoms with Crippen LogP contribution in [0.4, 0.5) is 13.2 Å². The molecule has 1 fully saturated rings. The molecule has 0 saturated carbocycles. The third kappa shape index (κ3) is 4.81. The monoisotopic (exact) mass is 387 g/mol. The van der Waals surface area contributed by atoms with E-state index >= 15 is 0 Å². The molecule has 2 N–H and O–H groups in total. The van der Waals surface area contributed by atoms with Gasteiger partial charge in [-0.15, -0.1) is 0 Å². The maximum absolute atomic E-state index is 12.7. The molecule has 11 heteroatoms. The molecule has 0 spiro atoms. The summed E-state index contributed by atoms with van der Waals surface area (Å²) in [6, 6.07) is 4.72. The summed E-state index contributed by atoms with van der Waals surface area (Å²) in [5.74, 6) is 0.0732. The summed E-state index contributed by atoms with van der Waals surface area (Å²) < 4.78 is 54.2. The van der Waals surface area contributed by atoms with Crippen molar-refractivity contribution in [3.05, 3.63) is 42.4 Å². The summed E-state index contributed by atoms with van der Waals surface area (Å²) >= 11 is 0. The number of hydrogen-bond donors (Lipinski definition) is 2. The number of hydrogen-bond acceptors (Lipinski definition) is 8. The molecule has 2 aromatic rings. The SMILES string of the molecule is O[C@@H]1[C@H](O)[C@@H](Oc2cccc(C(F)(F)F)n2)CO[C@@H]1COc1ccnnc1. The van der Waals surface area contributed by atoms with Crippen molar-refractivity contribution in [2.45, 2.75) is 30.6 Å². The van der Waals surface area contributed by atoms with Gasteiger partial charge >= 0.3 is 6.18 Å². The first-order chi connectivity index (χ1) is 12.8. The van der Waals surface area contributed by atoms with E-state index in [0.29, 0.717) is 5.75 Å². The smallest absolute Gasteiger partial charge is 0.433 e. The van der Waals surface area contributed by atoms with Crippen LogP contribution < -0.4 is 9.47 Å². The van der Waals surface area contributed by atoms with Gasteiger partial charge in [0.2, 0.25) is 5.88 Å². The maximum Gasteiger partial charge on any atom is 0.433 e. The molecule has 0 aliphatic carbocycles. The lowest BCUT2D eigenvalue weighted by Gasteiger charge is -2.37. The predicted molar refractivity (Wildman–Crippen MR) is 82.9 cm³/mol. The number of aromatic nitrogens is 3. The first kappa shape index (κ1) is 19.3. The number of rotatable bonds is 5. The Hall–Kier alpha value is -2.50. The Morgan fingerprint density at radius 2 is 1.96 bits per heavy atom. The van der Waals surface area contributed by atoms with Gasteiger partial charge < -0.3 is 24.4 Å². The van der Waals surface area contributed by atoms with E-state index in [1.54, 1.807) is 6.07 Å². The normalized spacial score (nSPS) is 25.8. The molecule has 1 saturated heterocycles. The van der Waals surface area contributed by atoms with Crippen LogP contribution in [0.5, 0.6) is 11.6 Å². The van der Waals surface area contributed by atoms with Crippen molar-refractivity contribution in [1.82, 2.24) is 15.2 Å². The average molecular weight is 387 g/mol. The Kier molecular flexibility index (Phi) is 5.73. The van der Waals surface area contributed by atoms with Crippen LogP contribution in [0.15, 0.2) is 36.7 Å². The predicted octanol–water partition coefficient (Wildman–Crippen LogP) is 0.837. The van der Waals surface area contributed by atoms with E-state index in [0.717, 1.165) is 12.1 Å². The Bertz CT molecular complexity index is 750. The van der Waals surface area contributed by atoms with Gasteiger partial charge in [0.05, 0.1) is 19.0 Å². The Morgan fingerprint density at radius 1 is 1.15 bits per heavy atom. The number of pyridine rings is 1. The number of aliphatic hydroxyl groups excluding tert-OH is 2. The summed E-state index contributed by atoms with van der Waals surface area (Å²) in [4.78, 5) is 3.36. The Labute approximate surface area is 151 Å². The van der Waals surface area contributed by atoms with Crippen LogP contribution in [0.1, 0.15) is 5.69 Å². The molecule has 2 aromatic heterocycles. The van der Waals surface area contributed by atoms with E-state index in [1.165, 1.54) is 18.5 Å². The zero-order chi connectivity index (χ0) is 19.4. The number of nitrogens with zero attached hydrogens (tertiary/aromatic N) is 3. The van der Waals surface area contributed by atoms with Crippen molar-refractivity contribution < 1.29 is 37.6 Å². The highest BCUT2D eigenvalue weighted by Gasteiger charge is 2.40. The maximum atomic E-state index is 12.7. The lowest BCUT2D eigenvalue weighted by atomic mass is 10.0. The van der Waals surface area contributed by atoms with Crippen molar-refractivity contribution >= 4 is 0 Å². The van der Waals surface area contributed by atoms with E-state index in [2.05, 4.69) is 15.2 Å². The summed E-state index contributed by atoms with van der Waals surface area (Å²) in [5, 5.41) is 27.6. The second-order valence-corrected chi connectivity index (χ2v) is 5.76. The van der Waals surface area contributed by atoms with E-state index < -0.39 is 36.3 Å². The van der Waals surface area contributed by atoms with Gasteiger partial charge in [-0.25, -0.2) is 4.98 Å². The van der Waals surface area contributed by atoms with E-state index in [9.17, 15) is 23.4 Å².